The van der Waals surface area contributed by atoms with Gasteiger partial charge in [0.05, 0.1) is 0 Å². The second-order valence-electron chi connectivity index (χ2n) is 5.06. The van der Waals surface area contributed by atoms with E-state index in [9.17, 15) is 0 Å². The van der Waals surface area contributed by atoms with Gasteiger partial charge in [0.25, 0.3) is 0 Å². The summed E-state index contributed by atoms with van der Waals surface area (Å²) in [5, 5.41) is 3.59. The molecule has 1 unspecified atom stereocenters. The van der Waals surface area contributed by atoms with E-state index in [1.165, 1.54) is 18.4 Å². The summed E-state index contributed by atoms with van der Waals surface area (Å²) in [5.74, 6) is 0.793. The van der Waals surface area contributed by atoms with Gasteiger partial charge in [-0.15, -0.1) is 0 Å². The Hall–Kier alpha value is -0.340. The van der Waals surface area contributed by atoms with Gasteiger partial charge >= 0.3 is 0 Å². The predicted octanol–water partition coefficient (Wildman–Crippen LogP) is 4.41. The maximum atomic E-state index is 3.59. The van der Waals surface area contributed by atoms with Crippen LogP contribution in [-0.4, -0.2) is 12.6 Å². The first-order valence-electron chi connectivity index (χ1n) is 6.59. The maximum Gasteiger partial charge on any atom is 0.0175 e. The van der Waals surface area contributed by atoms with Crippen molar-refractivity contribution in [3.63, 3.8) is 0 Å². The van der Waals surface area contributed by atoms with Crippen LogP contribution < -0.4 is 5.32 Å². The summed E-state index contributed by atoms with van der Waals surface area (Å²) in [6.45, 7) is 7.83. The summed E-state index contributed by atoms with van der Waals surface area (Å²) >= 11 is 3.48. The molecule has 0 spiro atoms. The summed E-state index contributed by atoms with van der Waals surface area (Å²) in [7, 11) is 0. The molecular weight excluding hydrogens is 274 g/mol. The Kier molecular flexibility index (Phi) is 6.83. The first kappa shape index (κ1) is 14.7. The number of nitrogens with one attached hydrogen (secondary N) is 1. The van der Waals surface area contributed by atoms with Gasteiger partial charge in [-0.3, -0.25) is 0 Å². The molecule has 0 bridgehead atoms. The molecule has 0 aromatic heterocycles. The van der Waals surface area contributed by atoms with Gasteiger partial charge in [-0.1, -0.05) is 48.8 Å². The highest BCUT2D eigenvalue weighted by Gasteiger charge is 2.09. The minimum Gasteiger partial charge on any atom is -0.314 e. The molecule has 1 N–H and O–H groups in total. The average molecular weight is 298 g/mol. The molecule has 0 saturated heterocycles. The van der Waals surface area contributed by atoms with E-state index in [2.05, 4.69) is 66.3 Å². The molecule has 17 heavy (non-hydrogen) atoms. The molecule has 1 rings (SSSR count). The summed E-state index contributed by atoms with van der Waals surface area (Å²) in [4.78, 5) is 0. The van der Waals surface area contributed by atoms with E-state index in [4.69, 9.17) is 0 Å². The molecule has 0 heterocycles. The average Bonchev–Trinajstić information content (AvgIpc) is 2.29. The van der Waals surface area contributed by atoms with E-state index in [1.807, 2.05) is 0 Å². The second kappa shape index (κ2) is 7.88. The van der Waals surface area contributed by atoms with Gasteiger partial charge in [0.15, 0.2) is 0 Å². The van der Waals surface area contributed by atoms with Gasteiger partial charge in [0, 0.05) is 10.5 Å². The number of likely N-dealkylation sites (N-methyl/N-ethyl adjacent to an activating group) is 1. The highest BCUT2D eigenvalue weighted by Crippen LogP contribution is 2.15. The SMILES string of the molecule is CCNC(CCC(C)C)Cc1ccc(Br)cc1. The molecule has 0 saturated carbocycles. The van der Waals surface area contributed by atoms with Crippen LogP contribution in [0, 0.1) is 5.92 Å². The summed E-state index contributed by atoms with van der Waals surface area (Å²) in [6.07, 6.45) is 3.70. The van der Waals surface area contributed by atoms with Crippen LogP contribution in [0.15, 0.2) is 28.7 Å². The lowest BCUT2D eigenvalue weighted by atomic mass is 9.98. The molecule has 1 atom stereocenters. The highest BCUT2D eigenvalue weighted by atomic mass is 79.9. The Balaban J connectivity index is 2.50. The maximum absolute atomic E-state index is 3.59. The lowest BCUT2D eigenvalue weighted by Gasteiger charge is -2.19. The van der Waals surface area contributed by atoms with E-state index in [1.54, 1.807) is 0 Å². The van der Waals surface area contributed by atoms with Crippen LogP contribution in [0.5, 0.6) is 0 Å². The van der Waals surface area contributed by atoms with Gasteiger partial charge in [-0.25, -0.2) is 0 Å². The Morgan fingerprint density at radius 2 is 1.76 bits per heavy atom. The van der Waals surface area contributed by atoms with Crippen LogP contribution in [0.2, 0.25) is 0 Å². The van der Waals surface area contributed by atoms with Crippen LogP contribution in [0.3, 0.4) is 0 Å². The first-order chi connectivity index (χ1) is 8.11. The predicted molar refractivity (Wildman–Crippen MR) is 79.4 cm³/mol. The minimum atomic E-state index is 0.614. The molecular formula is C15H24BrN. The third-order valence-electron chi connectivity index (χ3n) is 2.98. The quantitative estimate of drug-likeness (QED) is 0.786. The Bertz CT molecular complexity index is 305. The van der Waals surface area contributed by atoms with Crippen LogP contribution in [0.4, 0.5) is 0 Å². The molecule has 96 valence electrons. The number of hydrogen-bond donors (Lipinski definition) is 1. The second-order valence-corrected chi connectivity index (χ2v) is 5.97. The van der Waals surface area contributed by atoms with Gasteiger partial charge in [0.2, 0.25) is 0 Å². The highest BCUT2D eigenvalue weighted by molar-refractivity contribution is 9.10. The van der Waals surface area contributed by atoms with Crippen LogP contribution in [0.1, 0.15) is 39.2 Å². The molecule has 0 aliphatic carbocycles. The fourth-order valence-electron chi connectivity index (χ4n) is 2.00. The molecule has 0 aliphatic rings. The molecule has 0 amide bonds. The van der Waals surface area contributed by atoms with Crippen LogP contribution >= 0.6 is 15.9 Å². The van der Waals surface area contributed by atoms with E-state index in [-0.39, 0.29) is 0 Å². The van der Waals surface area contributed by atoms with E-state index < -0.39 is 0 Å². The zero-order valence-electron chi connectivity index (χ0n) is 11.2. The third-order valence-corrected chi connectivity index (χ3v) is 3.51. The number of hydrogen-bond acceptors (Lipinski definition) is 1. The summed E-state index contributed by atoms with van der Waals surface area (Å²) < 4.78 is 1.16. The van der Waals surface area contributed by atoms with Crippen molar-refractivity contribution in [2.75, 3.05) is 6.54 Å². The van der Waals surface area contributed by atoms with Gasteiger partial charge in [-0.2, -0.15) is 0 Å². The summed E-state index contributed by atoms with van der Waals surface area (Å²) in [6, 6.07) is 9.29. The van der Waals surface area contributed by atoms with Crippen molar-refractivity contribution in [3.8, 4) is 0 Å². The van der Waals surface area contributed by atoms with Crippen molar-refractivity contribution in [2.24, 2.45) is 5.92 Å². The first-order valence-corrected chi connectivity index (χ1v) is 7.39. The smallest absolute Gasteiger partial charge is 0.0175 e. The van der Waals surface area contributed by atoms with Gasteiger partial charge in [0.1, 0.15) is 0 Å². The van der Waals surface area contributed by atoms with Crippen LogP contribution in [-0.2, 0) is 6.42 Å². The van der Waals surface area contributed by atoms with Crippen molar-refractivity contribution in [1.29, 1.82) is 0 Å². The molecule has 2 heteroatoms. The van der Waals surface area contributed by atoms with E-state index in [0.717, 1.165) is 23.4 Å². The van der Waals surface area contributed by atoms with Crippen molar-refractivity contribution in [3.05, 3.63) is 34.3 Å². The van der Waals surface area contributed by atoms with Crippen molar-refractivity contribution in [1.82, 2.24) is 5.32 Å². The van der Waals surface area contributed by atoms with Crippen molar-refractivity contribution < 1.29 is 0 Å². The fraction of sp³-hybridized carbons (Fsp3) is 0.600. The lowest BCUT2D eigenvalue weighted by molar-refractivity contribution is 0.434. The fourth-order valence-corrected chi connectivity index (χ4v) is 2.27. The number of rotatable bonds is 7. The monoisotopic (exact) mass is 297 g/mol. The van der Waals surface area contributed by atoms with Crippen LogP contribution in [0.25, 0.3) is 0 Å². The minimum absolute atomic E-state index is 0.614. The molecule has 1 nitrogen and oxygen atoms in total. The van der Waals surface area contributed by atoms with E-state index >= 15 is 0 Å². The van der Waals surface area contributed by atoms with E-state index in [0.29, 0.717) is 6.04 Å². The zero-order chi connectivity index (χ0) is 12.7. The lowest BCUT2D eigenvalue weighted by Crippen LogP contribution is -2.31. The normalized spacial score (nSPS) is 13.0. The summed E-state index contributed by atoms with van der Waals surface area (Å²) in [5.41, 5.74) is 1.42. The van der Waals surface area contributed by atoms with Crippen molar-refractivity contribution >= 4 is 15.9 Å². The Morgan fingerprint density at radius 1 is 1.12 bits per heavy atom. The largest absolute Gasteiger partial charge is 0.314 e. The van der Waals surface area contributed by atoms with Crippen molar-refractivity contribution in [2.45, 2.75) is 46.1 Å². The molecule has 0 aliphatic heterocycles. The molecule has 1 aromatic rings. The Morgan fingerprint density at radius 3 is 2.29 bits per heavy atom. The number of halogens is 1. The van der Waals surface area contributed by atoms with Gasteiger partial charge < -0.3 is 5.32 Å². The molecule has 0 fully saturated rings. The topological polar surface area (TPSA) is 12.0 Å². The molecule has 0 radical (unpaired) electrons. The number of benzene rings is 1. The third kappa shape index (κ3) is 6.23. The molecule has 1 aromatic carbocycles. The Labute approximate surface area is 114 Å². The zero-order valence-corrected chi connectivity index (χ0v) is 12.8. The van der Waals surface area contributed by atoms with Gasteiger partial charge in [-0.05, 0) is 49.4 Å². The standard InChI is InChI=1S/C15H24BrN/c1-4-17-15(10-5-12(2)3)11-13-6-8-14(16)9-7-13/h6-9,12,15,17H,4-5,10-11H2,1-3H3.